The first-order chi connectivity index (χ1) is 10.0. The number of anilines is 1. The van der Waals surface area contributed by atoms with Crippen LogP contribution in [0.25, 0.3) is 0 Å². The number of nitrogens with zero attached hydrogens (tertiary/aromatic N) is 1. The molecule has 1 aliphatic heterocycles. The molecule has 0 aromatic heterocycles. The van der Waals surface area contributed by atoms with Gasteiger partial charge in [-0.2, -0.15) is 0 Å². The maximum absolute atomic E-state index is 12.3. The van der Waals surface area contributed by atoms with Crippen molar-refractivity contribution in [2.24, 2.45) is 11.7 Å². The van der Waals surface area contributed by atoms with Gasteiger partial charge in [-0.25, -0.2) is 0 Å². The largest absolute Gasteiger partial charge is 0.359 e. The minimum absolute atomic E-state index is 0.0775. The monoisotopic (exact) mass is 289 g/mol. The zero-order valence-corrected chi connectivity index (χ0v) is 13.3. The molecule has 0 saturated heterocycles. The molecule has 0 bridgehead atoms. The van der Waals surface area contributed by atoms with Crippen molar-refractivity contribution in [3.63, 3.8) is 0 Å². The lowest BCUT2D eigenvalue weighted by molar-refractivity contribution is -0.122. The summed E-state index contributed by atoms with van der Waals surface area (Å²) in [5.41, 5.74) is 8.41. The Morgan fingerprint density at radius 2 is 2.10 bits per heavy atom. The number of fused-ring (bicyclic) bond motifs is 1. The Hall–Kier alpha value is -1.55. The van der Waals surface area contributed by atoms with Crippen LogP contribution >= 0.6 is 0 Å². The average Bonchev–Trinajstić information content (AvgIpc) is 2.47. The molecule has 1 aromatic carbocycles. The van der Waals surface area contributed by atoms with Crippen LogP contribution in [0.3, 0.4) is 0 Å². The van der Waals surface area contributed by atoms with Crippen molar-refractivity contribution in [1.29, 1.82) is 0 Å². The molecular weight excluding hydrogens is 262 g/mol. The van der Waals surface area contributed by atoms with Crippen molar-refractivity contribution in [2.75, 3.05) is 18.0 Å². The quantitative estimate of drug-likeness (QED) is 0.875. The molecule has 2 atom stereocenters. The zero-order valence-electron chi connectivity index (χ0n) is 13.3. The number of amides is 1. The summed E-state index contributed by atoms with van der Waals surface area (Å²) >= 11 is 0. The molecule has 0 radical (unpaired) electrons. The van der Waals surface area contributed by atoms with E-state index in [-0.39, 0.29) is 18.0 Å². The fourth-order valence-corrected chi connectivity index (χ4v) is 2.79. The van der Waals surface area contributed by atoms with Gasteiger partial charge in [0.2, 0.25) is 5.91 Å². The summed E-state index contributed by atoms with van der Waals surface area (Å²) in [5, 5.41) is 3.04. The van der Waals surface area contributed by atoms with Crippen LogP contribution in [0.1, 0.15) is 45.2 Å². The smallest absolute Gasteiger partial charge is 0.242 e. The highest BCUT2D eigenvalue weighted by atomic mass is 16.2. The van der Waals surface area contributed by atoms with E-state index in [0.717, 1.165) is 37.2 Å². The Bertz CT molecular complexity index is 487. The van der Waals surface area contributed by atoms with Gasteiger partial charge in [0.25, 0.3) is 0 Å². The molecule has 4 nitrogen and oxygen atoms in total. The number of nitrogens with one attached hydrogen (secondary N) is 1. The maximum atomic E-state index is 12.3. The predicted molar refractivity (Wildman–Crippen MR) is 87.3 cm³/mol. The molecule has 3 N–H and O–H groups in total. The van der Waals surface area contributed by atoms with Crippen molar-refractivity contribution < 1.29 is 4.79 Å². The first-order valence-electron chi connectivity index (χ1n) is 7.89. The van der Waals surface area contributed by atoms with Crippen LogP contribution in [-0.4, -0.2) is 25.0 Å². The molecule has 116 valence electrons. The molecule has 0 saturated carbocycles. The van der Waals surface area contributed by atoms with Crippen LogP contribution in [-0.2, 0) is 4.79 Å². The number of carbonyl (C=O) groups excluding carboxylic acids is 1. The lowest BCUT2D eigenvalue weighted by Crippen LogP contribution is -2.48. The van der Waals surface area contributed by atoms with Gasteiger partial charge in [0, 0.05) is 24.8 Å². The third-order valence-electron chi connectivity index (χ3n) is 4.19. The fraction of sp³-hybridized carbons (Fsp3) is 0.588. The third-order valence-corrected chi connectivity index (χ3v) is 4.19. The summed E-state index contributed by atoms with van der Waals surface area (Å²) in [6.45, 7) is 7.88. The van der Waals surface area contributed by atoms with Crippen LogP contribution in [0, 0.1) is 5.92 Å². The van der Waals surface area contributed by atoms with Crippen LogP contribution in [0.5, 0.6) is 0 Å². The standard InChI is InChI=1S/C17H27N3O/c1-12(2)8-10-19-17(21)13(3)20-11-9-15(18)14-6-4-5-7-16(14)20/h4-7,12-13,15H,8-11,18H2,1-3H3,(H,19,21). The topological polar surface area (TPSA) is 58.4 Å². The van der Waals surface area contributed by atoms with Gasteiger partial charge in [-0.1, -0.05) is 32.0 Å². The molecule has 0 aliphatic carbocycles. The Morgan fingerprint density at radius 1 is 1.38 bits per heavy atom. The highest BCUT2D eigenvalue weighted by Gasteiger charge is 2.28. The number of rotatable bonds is 5. The Morgan fingerprint density at radius 3 is 2.81 bits per heavy atom. The lowest BCUT2D eigenvalue weighted by atomic mass is 9.96. The van der Waals surface area contributed by atoms with Gasteiger partial charge in [-0.3, -0.25) is 4.79 Å². The molecule has 1 heterocycles. The number of para-hydroxylation sites is 1. The number of carbonyl (C=O) groups is 1. The summed E-state index contributed by atoms with van der Waals surface area (Å²) in [6.07, 6.45) is 1.90. The molecule has 2 rings (SSSR count). The first kappa shape index (κ1) is 15.8. The molecule has 0 spiro atoms. The van der Waals surface area contributed by atoms with Crippen LogP contribution in [0.15, 0.2) is 24.3 Å². The van der Waals surface area contributed by atoms with E-state index < -0.39 is 0 Å². The molecule has 2 unspecified atom stereocenters. The van der Waals surface area contributed by atoms with Gasteiger partial charge < -0.3 is 16.0 Å². The third kappa shape index (κ3) is 3.76. The molecule has 4 heteroatoms. The van der Waals surface area contributed by atoms with E-state index in [4.69, 9.17) is 5.73 Å². The van der Waals surface area contributed by atoms with Gasteiger partial charge in [0.15, 0.2) is 0 Å². The molecule has 21 heavy (non-hydrogen) atoms. The molecule has 1 aliphatic rings. The van der Waals surface area contributed by atoms with E-state index in [1.165, 1.54) is 0 Å². The molecule has 0 fully saturated rings. The summed E-state index contributed by atoms with van der Waals surface area (Å²) in [5.74, 6) is 0.704. The van der Waals surface area contributed by atoms with Crippen LogP contribution < -0.4 is 16.0 Å². The number of hydrogen-bond donors (Lipinski definition) is 2. The normalized spacial score (nSPS) is 19.3. The number of hydrogen-bond acceptors (Lipinski definition) is 3. The van der Waals surface area contributed by atoms with Crippen molar-refractivity contribution in [2.45, 2.75) is 45.7 Å². The van der Waals surface area contributed by atoms with E-state index in [1.807, 2.05) is 19.1 Å². The van der Waals surface area contributed by atoms with E-state index in [1.54, 1.807) is 0 Å². The number of nitrogens with two attached hydrogens (primary N) is 1. The van der Waals surface area contributed by atoms with E-state index in [9.17, 15) is 4.79 Å². The van der Waals surface area contributed by atoms with Crippen molar-refractivity contribution in [1.82, 2.24) is 5.32 Å². The zero-order chi connectivity index (χ0) is 15.4. The number of benzene rings is 1. The summed E-state index contributed by atoms with van der Waals surface area (Å²) in [7, 11) is 0. The fourth-order valence-electron chi connectivity index (χ4n) is 2.79. The van der Waals surface area contributed by atoms with Crippen LogP contribution in [0.4, 0.5) is 5.69 Å². The van der Waals surface area contributed by atoms with Gasteiger partial charge >= 0.3 is 0 Å². The van der Waals surface area contributed by atoms with Crippen molar-refractivity contribution in [3.05, 3.63) is 29.8 Å². The minimum Gasteiger partial charge on any atom is -0.359 e. The highest BCUT2D eigenvalue weighted by molar-refractivity contribution is 5.85. The Kier molecular flexibility index (Phi) is 5.23. The van der Waals surface area contributed by atoms with E-state index >= 15 is 0 Å². The minimum atomic E-state index is -0.161. The Balaban J connectivity index is 2.04. The van der Waals surface area contributed by atoms with Gasteiger partial charge in [0.1, 0.15) is 6.04 Å². The SMILES string of the molecule is CC(C)CCNC(=O)C(C)N1CCC(N)c2ccccc21. The second-order valence-electron chi connectivity index (χ2n) is 6.30. The van der Waals surface area contributed by atoms with Gasteiger partial charge in [-0.15, -0.1) is 0 Å². The van der Waals surface area contributed by atoms with Gasteiger partial charge in [0.05, 0.1) is 0 Å². The second kappa shape index (κ2) is 6.94. The summed E-state index contributed by atoms with van der Waals surface area (Å²) < 4.78 is 0. The second-order valence-corrected chi connectivity index (χ2v) is 6.30. The van der Waals surface area contributed by atoms with E-state index in [2.05, 4.69) is 36.2 Å². The molecular formula is C17H27N3O. The first-order valence-corrected chi connectivity index (χ1v) is 7.89. The van der Waals surface area contributed by atoms with Crippen molar-refractivity contribution in [3.8, 4) is 0 Å². The molecule has 1 aromatic rings. The molecule has 1 amide bonds. The summed E-state index contributed by atoms with van der Waals surface area (Å²) in [6, 6.07) is 8.06. The lowest BCUT2D eigenvalue weighted by Gasteiger charge is -2.37. The maximum Gasteiger partial charge on any atom is 0.242 e. The van der Waals surface area contributed by atoms with E-state index in [0.29, 0.717) is 5.92 Å². The van der Waals surface area contributed by atoms with Crippen molar-refractivity contribution >= 4 is 11.6 Å². The highest BCUT2D eigenvalue weighted by Crippen LogP contribution is 2.33. The van der Waals surface area contributed by atoms with Gasteiger partial charge in [-0.05, 0) is 37.3 Å². The average molecular weight is 289 g/mol. The Labute approximate surface area is 127 Å². The summed E-state index contributed by atoms with van der Waals surface area (Å²) in [4.78, 5) is 14.5. The predicted octanol–water partition coefficient (Wildman–Crippen LogP) is 2.45. The van der Waals surface area contributed by atoms with Crippen LogP contribution in [0.2, 0.25) is 0 Å².